The van der Waals surface area contributed by atoms with Crippen molar-refractivity contribution in [3.8, 4) is 17.2 Å². The third-order valence-corrected chi connectivity index (χ3v) is 5.65. The van der Waals surface area contributed by atoms with Crippen molar-refractivity contribution in [2.75, 3.05) is 0 Å². The largest absolute Gasteiger partial charge is 0.480 e. The zero-order chi connectivity index (χ0) is 19.4. The van der Waals surface area contributed by atoms with Crippen molar-refractivity contribution < 1.29 is 24.2 Å². The van der Waals surface area contributed by atoms with Gasteiger partial charge in [0.1, 0.15) is 17.5 Å². The van der Waals surface area contributed by atoms with Crippen LogP contribution in [0.3, 0.4) is 0 Å². The van der Waals surface area contributed by atoms with Gasteiger partial charge in [-0.2, -0.15) is 0 Å². The van der Waals surface area contributed by atoms with E-state index in [4.69, 9.17) is 20.3 Å². The number of hydrogen-bond donors (Lipinski definition) is 2. The minimum atomic E-state index is -1.03. The highest BCUT2D eigenvalue weighted by Crippen LogP contribution is 2.35. The maximum Gasteiger partial charge on any atom is 0.320 e. The van der Waals surface area contributed by atoms with Gasteiger partial charge in [0, 0.05) is 6.92 Å². The van der Waals surface area contributed by atoms with Crippen molar-refractivity contribution in [1.29, 1.82) is 0 Å². The van der Waals surface area contributed by atoms with Crippen LogP contribution in [0.25, 0.3) is 0 Å². The van der Waals surface area contributed by atoms with E-state index >= 15 is 0 Å². The van der Waals surface area contributed by atoms with Crippen LogP contribution in [0.5, 0.6) is 17.2 Å². The van der Waals surface area contributed by atoms with Crippen LogP contribution in [0.15, 0.2) is 30.3 Å². The van der Waals surface area contributed by atoms with Gasteiger partial charge in [0.15, 0.2) is 5.75 Å². The molecule has 2 aromatic rings. The van der Waals surface area contributed by atoms with Gasteiger partial charge in [-0.15, -0.1) is 0 Å². The summed E-state index contributed by atoms with van der Waals surface area (Å²) in [5.41, 5.74) is 6.44. The molecular weight excluding hydrogens is 679 g/mol. The molecular formula is C17H14I3NO5. The summed E-state index contributed by atoms with van der Waals surface area (Å²) in [4.78, 5) is 22.0. The zero-order valence-electron chi connectivity index (χ0n) is 13.5. The first kappa shape index (κ1) is 21.6. The van der Waals surface area contributed by atoms with Crippen molar-refractivity contribution in [3.05, 3.63) is 46.6 Å². The van der Waals surface area contributed by atoms with Crippen molar-refractivity contribution in [2.24, 2.45) is 5.73 Å². The summed E-state index contributed by atoms with van der Waals surface area (Å²) in [5, 5.41) is 8.95. The topological polar surface area (TPSA) is 98.9 Å². The fourth-order valence-corrected chi connectivity index (χ4v) is 4.78. The number of ether oxygens (including phenoxy) is 2. The van der Waals surface area contributed by atoms with Gasteiger partial charge in [0.2, 0.25) is 0 Å². The Bertz CT molecular complexity index is 833. The molecule has 2 aromatic carbocycles. The summed E-state index contributed by atoms with van der Waals surface area (Å²) in [7, 11) is 0. The first-order valence-corrected chi connectivity index (χ1v) is 10.5. The van der Waals surface area contributed by atoms with Crippen LogP contribution in [-0.4, -0.2) is 23.1 Å². The molecule has 0 heterocycles. The molecule has 0 saturated carbocycles. The van der Waals surface area contributed by atoms with Crippen molar-refractivity contribution in [1.82, 2.24) is 0 Å². The molecule has 0 aliphatic rings. The first-order valence-electron chi connectivity index (χ1n) is 7.29. The number of benzene rings is 2. The van der Waals surface area contributed by atoms with E-state index in [0.717, 1.165) is 16.3 Å². The lowest BCUT2D eigenvalue weighted by Gasteiger charge is -2.14. The summed E-state index contributed by atoms with van der Waals surface area (Å²) in [6.45, 7) is 1.35. The molecule has 0 spiro atoms. The molecule has 2 rings (SSSR count). The number of halogens is 3. The van der Waals surface area contributed by atoms with Gasteiger partial charge >= 0.3 is 11.9 Å². The lowest BCUT2D eigenvalue weighted by Crippen LogP contribution is -2.32. The molecule has 3 N–H and O–H groups in total. The Kier molecular flexibility index (Phi) is 7.90. The normalized spacial score (nSPS) is 11.7. The Hall–Kier alpha value is -0.670. The molecule has 26 heavy (non-hydrogen) atoms. The number of nitrogens with two attached hydrogens (primary N) is 1. The average Bonchev–Trinajstić information content (AvgIpc) is 2.53. The van der Waals surface area contributed by atoms with Crippen LogP contribution in [0.2, 0.25) is 0 Å². The molecule has 0 unspecified atom stereocenters. The second kappa shape index (κ2) is 9.50. The molecule has 0 aliphatic heterocycles. The number of aliphatic carboxylic acids is 1. The highest BCUT2D eigenvalue weighted by Gasteiger charge is 2.16. The van der Waals surface area contributed by atoms with E-state index in [-0.39, 0.29) is 12.4 Å². The molecule has 0 bridgehead atoms. The van der Waals surface area contributed by atoms with Gasteiger partial charge < -0.3 is 20.3 Å². The van der Waals surface area contributed by atoms with Crippen LogP contribution in [0, 0.1) is 10.7 Å². The molecule has 6 nitrogen and oxygen atoms in total. The van der Waals surface area contributed by atoms with Crippen molar-refractivity contribution >= 4 is 79.7 Å². The van der Waals surface area contributed by atoms with Crippen molar-refractivity contribution in [2.45, 2.75) is 19.4 Å². The van der Waals surface area contributed by atoms with Gasteiger partial charge in [-0.05, 0) is 110 Å². The Balaban J connectivity index is 2.23. The van der Waals surface area contributed by atoms with Gasteiger partial charge in [0.25, 0.3) is 0 Å². The van der Waals surface area contributed by atoms with Crippen molar-refractivity contribution in [3.63, 3.8) is 0 Å². The quantitative estimate of drug-likeness (QED) is 0.268. The number of carboxylic acids is 1. The maximum atomic E-state index is 11.1. The second-order valence-electron chi connectivity index (χ2n) is 5.33. The molecule has 138 valence electrons. The Morgan fingerprint density at radius 3 is 2.23 bits per heavy atom. The van der Waals surface area contributed by atoms with Gasteiger partial charge in [-0.1, -0.05) is 0 Å². The third-order valence-electron chi connectivity index (χ3n) is 3.21. The number of hydrogen-bond acceptors (Lipinski definition) is 5. The highest BCUT2D eigenvalue weighted by atomic mass is 127. The molecule has 0 amide bonds. The summed E-state index contributed by atoms with van der Waals surface area (Å²) < 4.78 is 13.5. The van der Waals surface area contributed by atoms with Crippen LogP contribution in [0.1, 0.15) is 12.5 Å². The van der Waals surface area contributed by atoms with Gasteiger partial charge in [-0.25, -0.2) is 0 Å². The summed E-state index contributed by atoms with van der Waals surface area (Å²) in [6, 6.07) is 7.96. The fourth-order valence-electron chi connectivity index (χ4n) is 2.07. The molecule has 0 radical (unpaired) electrons. The van der Waals surface area contributed by atoms with Crippen LogP contribution < -0.4 is 15.2 Å². The smallest absolute Gasteiger partial charge is 0.320 e. The number of carboxylic acid groups (broad SMARTS) is 1. The SMILES string of the molecule is CC(=O)Oc1ccc(Oc2c(I)cc(C[C@H](N)C(=O)O)cc2I)cc1I. The second-order valence-corrected chi connectivity index (χ2v) is 8.81. The zero-order valence-corrected chi connectivity index (χ0v) is 19.9. The number of carbonyl (C=O) groups excluding carboxylic acids is 1. The van der Waals surface area contributed by atoms with Crippen LogP contribution >= 0.6 is 67.8 Å². The predicted molar refractivity (Wildman–Crippen MR) is 122 cm³/mol. The van der Waals surface area contributed by atoms with E-state index in [1.165, 1.54) is 6.92 Å². The lowest BCUT2D eigenvalue weighted by molar-refractivity contribution is -0.138. The summed E-state index contributed by atoms with van der Waals surface area (Å²) in [5.74, 6) is 0.354. The van der Waals surface area contributed by atoms with E-state index in [1.54, 1.807) is 18.2 Å². The minimum Gasteiger partial charge on any atom is -0.480 e. The van der Waals surface area contributed by atoms with E-state index in [0.29, 0.717) is 17.2 Å². The highest BCUT2D eigenvalue weighted by molar-refractivity contribution is 14.1. The minimum absolute atomic E-state index is 0.247. The monoisotopic (exact) mass is 693 g/mol. The van der Waals surface area contributed by atoms with Gasteiger partial charge in [0.05, 0.1) is 10.7 Å². The molecule has 9 heteroatoms. The molecule has 0 fully saturated rings. The molecule has 0 aromatic heterocycles. The first-order chi connectivity index (χ1) is 12.2. The van der Waals surface area contributed by atoms with E-state index in [9.17, 15) is 9.59 Å². The summed E-state index contributed by atoms with van der Waals surface area (Å²) in [6.07, 6.45) is 0.247. The predicted octanol–water partition coefficient (Wildman–Crippen LogP) is 4.17. The summed E-state index contributed by atoms with van der Waals surface area (Å²) >= 11 is 6.36. The standard InChI is InChI=1S/C17H14I3NO5/c1-8(22)25-15-3-2-10(7-11(15)18)26-16-12(19)4-9(5-13(16)20)6-14(21)17(23)24/h2-5,7,14H,6,21H2,1H3,(H,23,24)/t14-/m0/s1. The van der Waals surface area contributed by atoms with Crippen LogP contribution in [-0.2, 0) is 16.0 Å². The Morgan fingerprint density at radius 2 is 1.73 bits per heavy atom. The maximum absolute atomic E-state index is 11.1. The third kappa shape index (κ3) is 5.92. The van der Waals surface area contributed by atoms with E-state index in [2.05, 4.69) is 67.8 Å². The molecule has 0 aliphatic carbocycles. The Labute approximate surface area is 191 Å². The van der Waals surface area contributed by atoms with Crippen LogP contribution in [0.4, 0.5) is 0 Å². The Morgan fingerprint density at radius 1 is 1.12 bits per heavy atom. The number of esters is 1. The van der Waals surface area contributed by atoms with E-state index < -0.39 is 12.0 Å². The molecule has 0 saturated heterocycles. The average molecular weight is 693 g/mol. The lowest BCUT2D eigenvalue weighted by atomic mass is 10.1. The van der Waals surface area contributed by atoms with E-state index in [1.807, 2.05) is 12.1 Å². The van der Waals surface area contributed by atoms with Gasteiger partial charge in [-0.3, -0.25) is 9.59 Å². The fraction of sp³-hybridized carbons (Fsp3) is 0.176. The number of rotatable bonds is 6. The molecule has 1 atom stereocenters. The number of carbonyl (C=O) groups is 2.